The molecule has 11 nitrogen and oxygen atoms in total. The molecule has 4 rings (SSSR count). The maximum absolute atomic E-state index is 13.1. The van der Waals surface area contributed by atoms with Gasteiger partial charge in [0.1, 0.15) is 5.75 Å². The monoisotopic (exact) mass is 514 g/mol. The second-order valence-electron chi connectivity index (χ2n) is 8.24. The molecule has 2 N–H and O–H groups in total. The number of anilines is 2. The van der Waals surface area contributed by atoms with Crippen molar-refractivity contribution < 1.29 is 33.5 Å². The third-order valence-corrected chi connectivity index (χ3v) is 5.97. The summed E-state index contributed by atoms with van der Waals surface area (Å²) >= 11 is 0. The van der Waals surface area contributed by atoms with Crippen molar-refractivity contribution >= 4 is 40.3 Å². The number of amides is 2. The normalized spacial score (nSPS) is 10.5. The number of ether oxygens (including phenoxy) is 2. The van der Waals surface area contributed by atoms with Gasteiger partial charge in [0, 0.05) is 24.4 Å². The summed E-state index contributed by atoms with van der Waals surface area (Å²) < 4.78 is 15.7. The number of aromatic nitrogens is 1. The van der Waals surface area contributed by atoms with Crippen LogP contribution >= 0.6 is 0 Å². The molecule has 1 heterocycles. The van der Waals surface area contributed by atoms with E-state index in [-0.39, 0.29) is 28.1 Å². The lowest BCUT2D eigenvalue weighted by Crippen LogP contribution is -2.25. The molecular weight excluding hydrogens is 492 g/mol. The fraction of sp³-hybridized carbons (Fsp3) is 0.148. The summed E-state index contributed by atoms with van der Waals surface area (Å²) in [7, 11) is 4.40. The van der Waals surface area contributed by atoms with Crippen LogP contribution in [0.3, 0.4) is 0 Å². The van der Waals surface area contributed by atoms with Crippen LogP contribution in [0.15, 0.2) is 53.1 Å². The fourth-order valence-corrected chi connectivity index (χ4v) is 3.99. The molecule has 1 aromatic heterocycles. The molecule has 2 amide bonds. The Morgan fingerprint density at radius 1 is 1.08 bits per heavy atom. The lowest BCUT2D eigenvalue weighted by molar-refractivity contribution is 0.0698. The molecule has 0 fully saturated rings. The number of carbonyl (C=O) groups excluding carboxylic acids is 2. The number of carbonyl (C=O) groups is 3. The molecule has 0 aliphatic heterocycles. The van der Waals surface area contributed by atoms with Gasteiger partial charge in [-0.3, -0.25) is 9.69 Å². The van der Waals surface area contributed by atoms with Gasteiger partial charge in [-0.25, -0.2) is 9.59 Å². The molecule has 0 saturated heterocycles. The van der Waals surface area contributed by atoms with E-state index < -0.39 is 18.0 Å². The van der Waals surface area contributed by atoms with Crippen molar-refractivity contribution in [1.29, 1.82) is 5.26 Å². The van der Waals surface area contributed by atoms with E-state index in [2.05, 4.69) is 10.5 Å². The third kappa shape index (κ3) is 4.70. The quantitative estimate of drug-likeness (QED) is 0.368. The van der Waals surface area contributed by atoms with E-state index in [1.165, 1.54) is 37.3 Å². The van der Waals surface area contributed by atoms with Crippen LogP contribution in [-0.2, 0) is 4.74 Å². The lowest BCUT2D eigenvalue weighted by Gasteiger charge is -2.18. The van der Waals surface area contributed by atoms with Crippen LogP contribution < -0.4 is 15.0 Å². The van der Waals surface area contributed by atoms with Crippen molar-refractivity contribution in [3.63, 3.8) is 0 Å². The second kappa shape index (κ2) is 10.3. The predicted molar refractivity (Wildman–Crippen MR) is 138 cm³/mol. The number of carboxylic acid groups (broad SMARTS) is 1. The standard InChI is InChI=1S/C27H22N4O7/c1-14-9-16(31(2)27(35)37-4)6-7-17(14)18-11-20-23(12-22(18)36-3)38-30-24(20)25(32)29-21-8-5-15(13-28)10-19(21)26(33)34/h5-12H,1-4H3,(H,29,32)(H,33,34). The molecular formula is C27H22N4O7. The predicted octanol–water partition coefficient (Wildman–Crippen LogP) is 4.84. The number of hydrogen-bond acceptors (Lipinski definition) is 8. The number of benzene rings is 3. The van der Waals surface area contributed by atoms with E-state index in [9.17, 15) is 19.5 Å². The number of nitriles is 1. The highest BCUT2D eigenvalue weighted by Gasteiger charge is 2.22. The van der Waals surface area contributed by atoms with Gasteiger partial charge in [-0.1, -0.05) is 11.2 Å². The summed E-state index contributed by atoms with van der Waals surface area (Å²) in [5, 5.41) is 25.4. The maximum atomic E-state index is 13.1. The number of hydrogen-bond donors (Lipinski definition) is 2. The average molecular weight is 514 g/mol. The highest BCUT2D eigenvalue weighted by Crippen LogP contribution is 2.38. The Balaban J connectivity index is 1.75. The Bertz CT molecular complexity index is 1630. The van der Waals surface area contributed by atoms with Gasteiger partial charge in [0.15, 0.2) is 11.3 Å². The first-order chi connectivity index (χ1) is 18.2. The molecule has 0 spiro atoms. The molecule has 0 bridgehead atoms. The molecule has 0 saturated carbocycles. The average Bonchev–Trinajstić information content (AvgIpc) is 3.34. The van der Waals surface area contributed by atoms with Crippen molar-refractivity contribution in [3.05, 3.63) is 70.9 Å². The number of fused-ring (bicyclic) bond motifs is 1. The largest absolute Gasteiger partial charge is 0.496 e. The number of methoxy groups -OCH3 is 2. The molecule has 0 unspecified atom stereocenters. The van der Waals surface area contributed by atoms with Gasteiger partial charge < -0.3 is 24.4 Å². The summed E-state index contributed by atoms with van der Waals surface area (Å²) in [6.45, 7) is 1.87. The number of carboxylic acids is 1. The first-order valence-electron chi connectivity index (χ1n) is 11.2. The molecule has 11 heteroatoms. The number of nitrogens with zero attached hydrogens (tertiary/aromatic N) is 3. The van der Waals surface area contributed by atoms with E-state index in [0.29, 0.717) is 22.4 Å². The third-order valence-electron chi connectivity index (χ3n) is 5.97. The molecule has 0 radical (unpaired) electrons. The van der Waals surface area contributed by atoms with E-state index in [1.54, 1.807) is 25.2 Å². The first kappa shape index (κ1) is 25.7. The number of nitrogens with one attached hydrogen (secondary N) is 1. The van der Waals surface area contributed by atoms with Crippen LogP contribution in [0, 0.1) is 18.3 Å². The van der Waals surface area contributed by atoms with Crippen molar-refractivity contribution in [3.8, 4) is 22.9 Å². The van der Waals surface area contributed by atoms with Crippen molar-refractivity contribution in [2.75, 3.05) is 31.5 Å². The van der Waals surface area contributed by atoms with Crippen LogP contribution in [0.4, 0.5) is 16.2 Å². The van der Waals surface area contributed by atoms with Gasteiger partial charge in [0.05, 0.1) is 42.5 Å². The van der Waals surface area contributed by atoms with Crippen LogP contribution in [0.1, 0.15) is 32.0 Å². The van der Waals surface area contributed by atoms with E-state index in [1.807, 2.05) is 25.1 Å². The van der Waals surface area contributed by atoms with E-state index in [4.69, 9.17) is 19.3 Å². The fourth-order valence-electron chi connectivity index (χ4n) is 3.99. The smallest absolute Gasteiger partial charge is 0.413 e. The lowest BCUT2D eigenvalue weighted by atomic mass is 9.97. The zero-order valence-corrected chi connectivity index (χ0v) is 20.9. The van der Waals surface area contributed by atoms with Gasteiger partial charge >= 0.3 is 12.1 Å². The first-order valence-corrected chi connectivity index (χ1v) is 11.2. The topological polar surface area (TPSA) is 155 Å². The van der Waals surface area contributed by atoms with Crippen LogP contribution in [0.2, 0.25) is 0 Å². The summed E-state index contributed by atoms with van der Waals surface area (Å²) in [5.74, 6) is -1.52. The summed E-state index contributed by atoms with van der Waals surface area (Å²) in [6.07, 6.45) is -0.510. The second-order valence-corrected chi connectivity index (χ2v) is 8.24. The number of aromatic carboxylic acids is 1. The molecule has 192 valence electrons. The van der Waals surface area contributed by atoms with E-state index in [0.717, 1.165) is 11.1 Å². The van der Waals surface area contributed by atoms with Crippen LogP contribution in [-0.4, -0.2) is 49.5 Å². The summed E-state index contributed by atoms with van der Waals surface area (Å²) in [5.41, 5.74) is 3.00. The Morgan fingerprint density at radius 2 is 1.84 bits per heavy atom. The van der Waals surface area contributed by atoms with Crippen LogP contribution in [0.25, 0.3) is 22.1 Å². The van der Waals surface area contributed by atoms with Crippen LogP contribution in [0.5, 0.6) is 5.75 Å². The molecule has 0 atom stereocenters. The molecule has 38 heavy (non-hydrogen) atoms. The summed E-state index contributed by atoms with van der Waals surface area (Å²) in [4.78, 5) is 38.1. The Hall–Kier alpha value is -5.37. The Labute approximate surface area is 216 Å². The van der Waals surface area contributed by atoms with Gasteiger partial charge in [0.25, 0.3) is 5.91 Å². The van der Waals surface area contributed by atoms with Gasteiger partial charge in [0.2, 0.25) is 0 Å². The Kier molecular flexibility index (Phi) is 6.98. The molecule has 4 aromatic rings. The Morgan fingerprint density at radius 3 is 2.47 bits per heavy atom. The van der Waals surface area contributed by atoms with Crippen molar-refractivity contribution in [1.82, 2.24) is 5.16 Å². The minimum absolute atomic E-state index is 0.00699. The van der Waals surface area contributed by atoms with Crippen molar-refractivity contribution in [2.45, 2.75) is 6.92 Å². The number of aryl methyl sites for hydroxylation is 1. The molecule has 0 aliphatic carbocycles. The van der Waals surface area contributed by atoms with Crippen molar-refractivity contribution in [2.24, 2.45) is 0 Å². The highest BCUT2D eigenvalue weighted by molar-refractivity contribution is 6.13. The van der Waals surface area contributed by atoms with Gasteiger partial charge in [-0.05, 0) is 54.4 Å². The minimum Gasteiger partial charge on any atom is -0.496 e. The zero-order valence-electron chi connectivity index (χ0n) is 20.9. The SMILES string of the molecule is COC(=O)N(C)c1ccc(-c2cc3c(C(=O)Nc4ccc(C#N)cc4C(=O)O)noc3cc2OC)c(C)c1. The minimum atomic E-state index is -1.30. The van der Waals surface area contributed by atoms with Gasteiger partial charge in [-0.15, -0.1) is 0 Å². The molecule has 0 aliphatic rings. The molecule has 3 aromatic carbocycles. The van der Waals surface area contributed by atoms with E-state index >= 15 is 0 Å². The zero-order chi connectivity index (χ0) is 27.6. The highest BCUT2D eigenvalue weighted by atomic mass is 16.5. The van der Waals surface area contributed by atoms with Gasteiger partial charge in [-0.2, -0.15) is 5.26 Å². The maximum Gasteiger partial charge on any atom is 0.413 e. The summed E-state index contributed by atoms with van der Waals surface area (Å²) in [6, 6.07) is 14.5. The number of rotatable bonds is 6.